The van der Waals surface area contributed by atoms with Gasteiger partial charge < -0.3 is 9.67 Å². The van der Waals surface area contributed by atoms with Crippen LogP contribution in [0.15, 0.2) is 30.7 Å². The van der Waals surface area contributed by atoms with Gasteiger partial charge in [-0.05, 0) is 62.8 Å². The standard InChI is InChI=1S/C21H24ClFN2O/c22-17-3-1-2-16-19-11-24-12-25(19)18(20(16)17)9-6-14-10-21(14,26)13-4-7-15(23)8-5-13/h1-3,11-15,18,26H,4-10H2. The lowest BCUT2D eigenvalue weighted by atomic mass is 9.81. The Kier molecular flexibility index (Phi) is 3.91. The third-order valence-electron chi connectivity index (χ3n) is 6.94. The van der Waals surface area contributed by atoms with E-state index in [1.165, 1.54) is 11.1 Å². The number of rotatable bonds is 4. The van der Waals surface area contributed by atoms with E-state index >= 15 is 0 Å². The lowest BCUT2D eigenvalue weighted by Crippen LogP contribution is -2.29. The minimum Gasteiger partial charge on any atom is -0.389 e. The van der Waals surface area contributed by atoms with Crippen molar-refractivity contribution in [3.05, 3.63) is 41.3 Å². The van der Waals surface area contributed by atoms with Gasteiger partial charge in [-0.1, -0.05) is 23.7 Å². The summed E-state index contributed by atoms with van der Waals surface area (Å²) in [6, 6.07) is 6.25. The molecule has 138 valence electrons. The van der Waals surface area contributed by atoms with Crippen LogP contribution in [-0.2, 0) is 0 Å². The Labute approximate surface area is 158 Å². The fraction of sp³-hybridized carbons (Fsp3) is 0.571. The van der Waals surface area contributed by atoms with Crippen molar-refractivity contribution >= 4 is 11.6 Å². The highest BCUT2D eigenvalue weighted by atomic mass is 35.5. The molecule has 2 aromatic rings. The SMILES string of the molecule is OC1(C2CCC(F)CC2)CC1CCC1c2c(Cl)cccc2-c2cncn21. The van der Waals surface area contributed by atoms with Crippen molar-refractivity contribution in [2.45, 2.75) is 62.8 Å². The molecule has 1 aromatic heterocycles. The Balaban J connectivity index is 1.30. The van der Waals surface area contributed by atoms with Gasteiger partial charge in [-0.15, -0.1) is 0 Å². The molecule has 2 heterocycles. The Hall–Kier alpha value is -1.39. The molecule has 1 N–H and O–H groups in total. The van der Waals surface area contributed by atoms with E-state index in [-0.39, 0.29) is 12.0 Å². The molecule has 1 aromatic carbocycles. The smallest absolute Gasteiger partial charge is 0.100 e. The number of hydrogen-bond acceptors (Lipinski definition) is 2. The number of alkyl halides is 1. The van der Waals surface area contributed by atoms with Crippen molar-refractivity contribution in [1.29, 1.82) is 0 Å². The quantitative estimate of drug-likeness (QED) is 0.802. The third-order valence-corrected chi connectivity index (χ3v) is 7.27. The van der Waals surface area contributed by atoms with Crippen LogP contribution >= 0.6 is 11.6 Å². The highest BCUT2D eigenvalue weighted by Gasteiger charge is 2.57. The molecule has 0 saturated heterocycles. The number of benzene rings is 1. The number of aliphatic hydroxyl groups is 1. The van der Waals surface area contributed by atoms with Gasteiger partial charge in [0.15, 0.2) is 0 Å². The lowest BCUT2D eigenvalue weighted by molar-refractivity contribution is 0.0303. The van der Waals surface area contributed by atoms with Crippen LogP contribution in [-0.4, -0.2) is 26.4 Å². The van der Waals surface area contributed by atoms with Gasteiger partial charge in [0.25, 0.3) is 0 Å². The first kappa shape index (κ1) is 16.8. The summed E-state index contributed by atoms with van der Waals surface area (Å²) in [6.07, 6.45) is 8.81. The van der Waals surface area contributed by atoms with Gasteiger partial charge in [0.05, 0.1) is 29.9 Å². The van der Waals surface area contributed by atoms with E-state index in [9.17, 15) is 9.50 Å². The average molecular weight is 375 g/mol. The Morgan fingerprint density at radius 3 is 2.85 bits per heavy atom. The summed E-state index contributed by atoms with van der Waals surface area (Å²) in [5, 5.41) is 11.8. The first-order valence-corrected chi connectivity index (χ1v) is 10.1. The van der Waals surface area contributed by atoms with Crippen LogP contribution in [0.4, 0.5) is 4.39 Å². The predicted octanol–water partition coefficient (Wildman–Crippen LogP) is 5.17. The van der Waals surface area contributed by atoms with Crippen molar-refractivity contribution in [3.8, 4) is 11.3 Å². The van der Waals surface area contributed by atoms with Gasteiger partial charge in [-0.2, -0.15) is 0 Å². The van der Waals surface area contributed by atoms with Gasteiger partial charge in [-0.25, -0.2) is 9.37 Å². The topological polar surface area (TPSA) is 38.1 Å². The van der Waals surface area contributed by atoms with Crippen LogP contribution in [0.5, 0.6) is 0 Å². The summed E-state index contributed by atoms with van der Waals surface area (Å²) in [4.78, 5) is 4.31. The number of nitrogens with zero attached hydrogens (tertiary/aromatic N) is 2. The molecule has 5 rings (SSSR count). The maximum atomic E-state index is 13.4. The van der Waals surface area contributed by atoms with E-state index in [4.69, 9.17) is 11.6 Å². The van der Waals surface area contributed by atoms with Crippen LogP contribution in [0.25, 0.3) is 11.3 Å². The molecule has 3 aliphatic rings. The molecule has 3 nitrogen and oxygen atoms in total. The lowest BCUT2D eigenvalue weighted by Gasteiger charge is -2.29. The highest BCUT2D eigenvalue weighted by molar-refractivity contribution is 6.32. The maximum absolute atomic E-state index is 13.4. The van der Waals surface area contributed by atoms with Crippen LogP contribution in [0.1, 0.15) is 56.6 Å². The second-order valence-corrected chi connectivity index (χ2v) is 8.73. The maximum Gasteiger partial charge on any atom is 0.100 e. The second-order valence-electron chi connectivity index (χ2n) is 8.32. The third kappa shape index (κ3) is 2.53. The molecular formula is C21H24ClFN2O. The van der Waals surface area contributed by atoms with Gasteiger partial charge in [0, 0.05) is 16.1 Å². The molecule has 26 heavy (non-hydrogen) atoms. The van der Waals surface area contributed by atoms with Crippen LogP contribution in [0.3, 0.4) is 0 Å². The van der Waals surface area contributed by atoms with Crippen molar-refractivity contribution in [2.75, 3.05) is 0 Å². The molecule has 2 fully saturated rings. The zero-order chi connectivity index (χ0) is 17.9. The number of imidazole rings is 1. The van der Waals surface area contributed by atoms with E-state index < -0.39 is 11.8 Å². The molecule has 0 spiro atoms. The Morgan fingerprint density at radius 1 is 1.23 bits per heavy atom. The largest absolute Gasteiger partial charge is 0.389 e. The summed E-state index contributed by atoms with van der Waals surface area (Å²) in [6.45, 7) is 0. The van der Waals surface area contributed by atoms with E-state index in [0.29, 0.717) is 18.8 Å². The fourth-order valence-electron chi connectivity index (χ4n) is 5.38. The molecule has 3 unspecified atom stereocenters. The highest BCUT2D eigenvalue weighted by Crippen LogP contribution is 2.56. The van der Waals surface area contributed by atoms with Crippen LogP contribution in [0.2, 0.25) is 5.02 Å². The summed E-state index contributed by atoms with van der Waals surface area (Å²) in [5.41, 5.74) is 2.93. The van der Waals surface area contributed by atoms with E-state index in [1.54, 1.807) is 0 Å². The first-order chi connectivity index (χ1) is 12.6. The van der Waals surface area contributed by atoms with Crippen molar-refractivity contribution < 1.29 is 9.50 Å². The number of hydrogen-bond donors (Lipinski definition) is 1. The monoisotopic (exact) mass is 374 g/mol. The van der Waals surface area contributed by atoms with Crippen LogP contribution in [0, 0.1) is 11.8 Å². The van der Waals surface area contributed by atoms with E-state index in [1.807, 2.05) is 24.7 Å². The second kappa shape index (κ2) is 6.07. The minimum atomic E-state index is -0.663. The van der Waals surface area contributed by atoms with E-state index in [2.05, 4.69) is 15.6 Å². The summed E-state index contributed by atoms with van der Waals surface area (Å²) in [5.74, 6) is 0.616. The zero-order valence-electron chi connectivity index (χ0n) is 14.7. The van der Waals surface area contributed by atoms with Crippen molar-refractivity contribution in [3.63, 3.8) is 0 Å². The minimum absolute atomic E-state index is 0.197. The fourth-order valence-corrected chi connectivity index (χ4v) is 5.68. The van der Waals surface area contributed by atoms with Gasteiger partial charge >= 0.3 is 0 Å². The van der Waals surface area contributed by atoms with Gasteiger partial charge in [0.1, 0.15) is 6.17 Å². The summed E-state index contributed by atoms with van der Waals surface area (Å²) >= 11 is 6.52. The normalized spacial score (nSPS) is 35.2. The molecule has 1 aliphatic heterocycles. The Bertz CT molecular complexity index is 829. The molecule has 2 saturated carbocycles. The van der Waals surface area contributed by atoms with Gasteiger partial charge in [-0.3, -0.25) is 0 Å². The first-order valence-electron chi connectivity index (χ1n) is 9.75. The molecule has 3 atom stereocenters. The number of halogens is 2. The van der Waals surface area contributed by atoms with Crippen molar-refractivity contribution in [1.82, 2.24) is 9.55 Å². The molecular weight excluding hydrogens is 351 g/mol. The molecule has 0 bridgehead atoms. The van der Waals surface area contributed by atoms with Crippen LogP contribution < -0.4 is 0 Å². The summed E-state index contributed by atoms with van der Waals surface area (Å²) < 4.78 is 15.6. The zero-order valence-corrected chi connectivity index (χ0v) is 15.5. The molecule has 5 heteroatoms. The molecule has 0 radical (unpaired) electrons. The summed E-state index contributed by atoms with van der Waals surface area (Å²) in [7, 11) is 0. The van der Waals surface area contributed by atoms with Gasteiger partial charge in [0.2, 0.25) is 0 Å². The van der Waals surface area contributed by atoms with E-state index in [0.717, 1.165) is 42.8 Å². The number of fused-ring (bicyclic) bond motifs is 3. The number of aromatic nitrogens is 2. The Morgan fingerprint density at radius 2 is 2.04 bits per heavy atom. The predicted molar refractivity (Wildman–Crippen MR) is 100.0 cm³/mol. The van der Waals surface area contributed by atoms with Crippen molar-refractivity contribution in [2.24, 2.45) is 11.8 Å². The average Bonchev–Trinajstić information content (AvgIpc) is 2.97. The molecule has 0 amide bonds. The molecule has 2 aliphatic carbocycles.